The molecule has 0 amide bonds. The molecule has 0 saturated carbocycles. The summed E-state index contributed by atoms with van der Waals surface area (Å²) in [5.41, 5.74) is 10.8. The number of para-hydroxylation sites is 1. The summed E-state index contributed by atoms with van der Waals surface area (Å²) in [6.45, 7) is 18.7. The maximum absolute atomic E-state index is 7.55. The van der Waals surface area contributed by atoms with Crippen molar-refractivity contribution in [2.75, 3.05) is 22.9 Å². The Hall–Kier alpha value is -1.42. The van der Waals surface area contributed by atoms with Gasteiger partial charge in [0, 0.05) is 0 Å². The molecule has 1 fully saturated rings. The SMILES string of the molecule is Cc1cc(C)c(N2CCN(c3c(C)cc(C)cc3C)[C]2=[Ru]([Cl])([Cl])=[CH]c2ccccc2OC(C)C)c(C)c1.Cl.Cl. The van der Waals surface area contributed by atoms with Crippen molar-refractivity contribution < 1.29 is 16.6 Å². The Kier molecular flexibility index (Phi) is 11.7. The molecule has 0 spiro atoms. The molecule has 0 radical (unpaired) electrons. The molecular weight excluding hydrogens is 659 g/mol. The fraction of sp³-hybridized carbons (Fsp3) is 0.355. The van der Waals surface area contributed by atoms with Crippen LogP contribution in [0.25, 0.3) is 0 Å². The van der Waals surface area contributed by atoms with E-state index < -0.39 is 11.9 Å². The Labute approximate surface area is 257 Å². The van der Waals surface area contributed by atoms with Gasteiger partial charge >= 0.3 is 234 Å². The molecule has 0 N–H and O–H groups in total. The van der Waals surface area contributed by atoms with Gasteiger partial charge in [-0.1, -0.05) is 0 Å². The predicted octanol–water partition coefficient (Wildman–Crippen LogP) is 8.89. The molecule has 1 saturated heterocycles. The van der Waals surface area contributed by atoms with Gasteiger partial charge in [0.25, 0.3) is 0 Å². The molecule has 0 aliphatic carbocycles. The van der Waals surface area contributed by atoms with Crippen LogP contribution in [0.2, 0.25) is 0 Å². The van der Waals surface area contributed by atoms with Crippen LogP contribution in [0.1, 0.15) is 52.8 Å². The van der Waals surface area contributed by atoms with Gasteiger partial charge in [0.05, 0.1) is 0 Å². The summed E-state index contributed by atoms with van der Waals surface area (Å²) >= 11 is -3.62. The number of hydrogen-bond donors (Lipinski definition) is 0. The van der Waals surface area contributed by atoms with Gasteiger partial charge in [-0.15, -0.1) is 24.8 Å². The summed E-state index contributed by atoms with van der Waals surface area (Å²) in [4.78, 5) is 4.77. The van der Waals surface area contributed by atoms with E-state index in [1.54, 1.807) is 0 Å². The van der Waals surface area contributed by atoms with Gasteiger partial charge in [0.2, 0.25) is 0 Å². The average Bonchev–Trinajstić information content (AvgIpc) is 3.18. The number of nitrogens with zero attached hydrogens (tertiary/aromatic N) is 2. The first-order valence-electron chi connectivity index (χ1n) is 12.7. The zero-order valence-corrected chi connectivity index (χ0v) is 28.8. The minimum atomic E-state index is -3.62. The Morgan fingerprint density at radius 1 is 0.744 bits per heavy atom. The number of aryl methyl sites for hydroxylation is 6. The van der Waals surface area contributed by atoms with Crippen LogP contribution in [0.5, 0.6) is 5.75 Å². The monoisotopic (exact) mass is 698 g/mol. The van der Waals surface area contributed by atoms with Crippen LogP contribution < -0.4 is 14.5 Å². The first-order valence-corrected chi connectivity index (χ1v) is 19.0. The van der Waals surface area contributed by atoms with Crippen molar-refractivity contribution >= 4 is 64.5 Å². The van der Waals surface area contributed by atoms with Crippen LogP contribution >= 0.6 is 44.2 Å². The van der Waals surface area contributed by atoms with E-state index in [2.05, 4.69) is 80.2 Å². The van der Waals surface area contributed by atoms with Gasteiger partial charge in [-0.2, -0.15) is 0 Å². The zero-order valence-electron chi connectivity index (χ0n) is 23.9. The van der Waals surface area contributed by atoms with Crippen molar-refractivity contribution in [1.82, 2.24) is 0 Å². The van der Waals surface area contributed by atoms with Gasteiger partial charge in [0.1, 0.15) is 0 Å². The predicted molar refractivity (Wildman–Crippen MR) is 175 cm³/mol. The van der Waals surface area contributed by atoms with E-state index in [0.717, 1.165) is 28.8 Å². The Balaban J connectivity index is 0.00000267. The Morgan fingerprint density at radius 2 is 1.15 bits per heavy atom. The molecule has 1 aliphatic rings. The van der Waals surface area contributed by atoms with E-state index in [4.69, 9.17) is 24.1 Å². The van der Waals surface area contributed by atoms with Gasteiger partial charge in [-0.05, 0) is 0 Å². The second-order valence-corrected chi connectivity index (χ2v) is 19.5. The molecule has 3 nitrogen and oxygen atoms in total. The molecule has 39 heavy (non-hydrogen) atoms. The van der Waals surface area contributed by atoms with Crippen LogP contribution in [0.4, 0.5) is 11.4 Å². The molecule has 0 bridgehead atoms. The summed E-state index contributed by atoms with van der Waals surface area (Å²) in [6.07, 6.45) is 0.0582. The summed E-state index contributed by atoms with van der Waals surface area (Å²) < 4.78 is 9.23. The van der Waals surface area contributed by atoms with E-state index in [-0.39, 0.29) is 30.9 Å². The Bertz CT molecular complexity index is 1350. The van der Waals surface area contributed by atoms with Gasteiger partial charge < -0.3 is 0 Å². The molecule has 3 aromatic carbocycles. The maximum atomic E-state index is 7.55. The minimum Gasteiger partial charge on any atom is -0.147 e. The van der Waals surface area contributed by atoms with Crippen molar-refractivity contribution in [3.05, 3.63) is 87.5 Å². The van der Waals surface area contributed by atoms with Crippen LogP contribution in [0.15, 0.2) is 48.5 Å². The van der Waals surface area contributed by atoms with Gasteiger partial charge in [-0.3, -0.25) is 0 Å². The molecule has 0 atom stereocenters. The van der Waals surface area contributed by atoms with Crippen LogP contribution in [0, 0.1) is 41.5 Å². The topological polar surface area (TPSA) is 15.7 Å². The van der Waals surface area contributed by atoms with Crippen molar-refractivity contribution in [3.63, 3.8) is 0 Å². The van der Waals surface area contributed by atoms with Crippen LogP contribution in [0.3, 0.4) is 0 Å². The van der Waals surface area contributed by atoms with E-state index in [1.807, 2.05) is 38.1 Å². The van der Waals surface area contributed by atoms with Crippen LogP contribution in [-0.4, -0.2) is 28.2 Å². The van der Waals surface area contributed by atoms with Crippen molar-refractivity contribution in [1.29, 1.82) is 0 Å². The number of hydrogen-bond acceptors (Lipinski definition) is 3. The first kappa shape index (κ1) is 33.8. The number of anilines is 2. The third kappa shape index (κ3) is 7.27. The third-order valence-corrected chi connectivity index (χ3v) is 12.0. The second kappa shape index (κ2) is 13.5. The fourth-order valence-electron chi connectivity index (χ4n) is 5.49. The molecule has 0 unspecified atom stereocenters. The fourth-order valence-corrected chi connectivity index (χ4v) is 11.5. The van der Waals surface area contributed by atoms with Crippen molar-refractivity contribution in [3.8, 4) is 5.75 Å². The average molecular weight is 700 g/mol. The summed E-state index contributed by atoms with van der Waals surface area (Å²) in [7, 11) is 15.1. The molecule has 1 heterocycles. The summed E-state index contributed by atoms with van der Waals surface area (Å²) in [6, 6.07) is 17.0. The molecule has 3 aromatic rings. The number of benzene rings is 3. The standard InChI is InChI=1S/C21H26N2.C10H12O.4ClH.Ru/c1-14-9-16(3)20(17(4)10-14)22-7-8-23(13-22)21-18(5)11-15(2)12-19(21)6;1-8(2)11-10-7-5-4-6-9(10)3;;;;;/h9-12H,7-8H2,1-6H3;3-8H,1-2H3;4*1H;/q;;;;;;+2/p-2. The smallest absolute Gasteiger partial charge is 0.147 e. The zero-order chi connectivity index (χ0) is 27.1. The Morgan fingerprint density at radius 3 is 1.56 bits per heavy atom. The van der Waals surface area contributed by atoms with Gasteiger partial charge in [0.15, 0.2) is 0 Å². The van der Waals surface area contributed by atoms with E-state index in [9.17, 15) is 0 Å². The van der Waals surface area contributed by atoms with E-state index >= 15 is 0 Å². The minimum absolute atomic E-state index is 0. The number of halogens is 4. The van der Waals surface area contributed by atoms with Crippen molar-refractivity contribution in [2.24, 2.45) is 0 Å². The van der Waals surface area contributed by atoms with Gasteiger partial charge in [-0.25, -0.2) is 0 Å². The van der Waals surface area contributed by atoms with E-state index in [1.165, 1.54) is 44.8 Å². The summed E-state index contributed by atoms with van der Waals surface area (Å²) in [5.74, 6) is 0.811. The quantitative estimate of drug-likeness (QED) is 0.248. The molecule has 8 heteroatoms. The van der Waals surface area contributed by atoms with Crippen molar-refractivity contribution in [2.45, 2.75) is 61.5 Å². The second-order valence-electron chi connectivity index (χ2n) is 10.3. The number of rotatable bonds is 5. The molecule has 0 aromatic heterocycles. The normalized spacial score (nSPS) is 13.8. The third-order valence-electron chi connectivity index (χ3n) is 6.52. The molecule has 4 rings (SSSR count). The van der Waals surface area contributed by atoms with E-state index in [0.29, 0.717) is 0 Å². The summed E-state index contributed by atoms with van der Waals surface area (Å²) in [5, 5.41) is 0. The molecule has 216 valence electrons. The number of ether oxygens (including phenoxy) is 1. The van der Waals surface area contributed by atoms with Crippen LogP contribution in [-0.2, 0) is 11.9 Å². The largest absolute Gasteiger partial charge is 0.147 e. The first-order chi connectivity index (χ1) is 17.4. The molecular formula is C31H40Cl4N2ORu. The maximum Gasteiger partial charge on any atom is -0.147 e. The molecule has 1 aliphatic heterocycles.